The Balaban J connectivity index is 1.90. The minimum absolute atomic E-state index is 0.224. The lowest BCUT2D eigenvalue weighted by atomic mass is 9.89. The third-order valence-corrected chi connectivity index (χ3v) is 4.72. The summed E-state index contributed by atoms with van der Waals surface area (Å²) in [5.74, 6) is -0.302. The first-order chi connectivity index (χ1) is 13.4. The Bertz CT molecular complexity index is 1140. The van der Waals surface area contributed by atoms with Crippen molar-refractivity contribution >= 4 is 16.6 Å². The van der Waals surface area contributed by atoms with E-state index in [1.54, 1.807) is 0 Å². The van der Waals surface area contributed by atoms with E-state index in [4.69, 9.17) is 0 Å². The first-order valence-electron chi connectivity index (χ1n) is 8.74. The molecule has 4 heteroatoms. The van der Waals surface area contributed by atoms with Crippen molar-refractivity contribution < 1.29 is 18.0 Å². The molecule has 28 heavy (non-hydrogen) atoms. The summed E-state index contributed by atoms with van der Waals surface area (Å²) >= 11 is 0. The smallest absolute Gasteiger partial charge is 0.289 e. The van der Waals surface area contributed by atoms with E-state index in [0.717, 1.165) is 34.0 Å². The van der Waals surface area contributed by atoms with Gasteiger partial charge in [0.15, 0.2) is 5.78 Å². The lowest BCUT2D eigenvalue weighted by Gasteiger charge is -2.14. The van der Waals surface area contributed by atoms with Gasteiger partial charge in [0.25, 0.3) is 0 Å². The molecule has 138 valence electrons. The predicted octanol–water partition coefficient (Wildman–Crippen LogP) is 6.76. The van der Waals surface area contributed by atoms with Crippen LogP contribution in [0, 0.1) is 0 Å². The van der Waals surface area contributed by atoms with Crippen LogP contribution in [0.1, 0.15) is 21.5 Å². The topological polar surface area (TPSA) is 17.1 Å². The van der Waals surface area contributed by atoms with Crippen LogP contribution < -0.4 is 0 Å². The summed E-state index contributed by atoms with van der Waals surface area (Å²) in [5.41, 5.74) is 1.57. The van der Waals surface area contributed by atoms with Crippen LogP contribution in [0.15, 0.2) is 91.0 Å². The number of alkyl halides is 3. The molecule has 0 saturated carbocycles. The van der Waals surface area contributed by atoms with E-state index in [9.17, 15) is 18.0 Å². The standard InChI is InChI=1S/C24H15F3O/c25-24(26,27)19-13-10-18(11-14-19)23(28)22-20-9-5-4-8-17(20)12-15-21(22)16-6-2-1-3-7-16/h1-15H. The predicted molar refractivity (Wildman–Crippen MR) is 104 cm³/mol. The molecule has 0 saturated heterocycles. The fourth-order valence-corrected chi connectivity index (χ4v) is 3.33. The molecular weight excluding hydrogens is 361 g/mol. The van der Waals surface area contributed by atoms with E-state index in [2.05, 4.69) is 0 Å². The zero-order valence-electron chi connectivity index (χ0n) is 14.7. The zero-order valence-corrected chi connectivity index (χ0v) is 14.7. The SMILES string of the molecule is O=C(c1ccc(C(F)(F)F)cc1)c1c(-c2ccccc2)ccc2ccccc12. The molecule has 0 unspecified atom stereocenters. The van der Waals surface area contributed by atoms with Gasteiger partial charge in [-0.25, -0.2) is 0 Å². The van der Waals surface area contributed by atoms with Crippen LogP contribution in [0.5, 0.6) is 0 Å². The highest BCUT2D eigenvalue weighted by Crippen LogP contribution is 2.33. The fraction of sp³-hybridized carbons (Fsp3) is 0.0417. The number of hydrogen-bond donors (Lipinski definition) is 0. The van der Waals surface area contributed by atoms with Crippen LogP contribution in [0.25, 0.3) is 21.9 Å². The Morgan fingerprint density at radius 1 is 0.679 bits per heavy atom. The molecule has 0 amide bonds. The summed E-state index contributed by atoms with van der Waals surface area (Å²) in [4.78, 5) is 13.3. The molecule has 0 aliphatic heterocycles. The van der Waals surface area contributed by atoms with Gasteiger partial charge in [-0.15, -0.1) is 0 Å². The molecule has 4 aromatic rings. The molecule has 0 heterocycles. The molecular formula is C24H15F3O. The summed E-state index contributed by atoms with van der Waals surface area (Å²) in [6.07, 6.45) is -4.43. The normalized spacial score (nSPS) is 11.5. The number of carbonyl (C=O) groups excluding carboxylic acids is 1. The number of carbonyl (C=O) groups is 1. The average molecular weight is 376 g/mol. The maximum absolute atomic E-state index is 13.3. The largest absolute Gasteiger partial charge is 0.416 e. The molecule has 0 aromatic heterocycles. The Morgan fingerprint density at radius 2 is 1.32 bits per heavy atom. The first kappa shape index (κ1) is 18.0. The number of halogens is 3. The van der Waals surface area contributed by atoms with Gasteiger partial charge in [0, 0.05) is 11.1 Å². The second kappa shape index (κ2) is 6.97. The van der Waals surface area contributed by atoms with Crippen LogP contribution in [0.4, 0.5) is 13.2 Å². The van der Waals surface area contributed by atoms with E-state index in [1.165, 1.54) is 12.1 Å². The van der Waals surface area contributed by atoms with Gasteiger partial charge in [-0.05, 0) is 34.0 Å². The van der Waals surface area contributed by atoms with Crippen LogP contribution >= 0.6 is 0 Å². The second-order valence-corrected chi connectivity index (χ2v) is 6.48. The van der Waals surface area contributed by atoms with Crippen molar-refractivity contribution in [1.29, 1.82) is 0 Å². The Labute approximate surface area is 160 Å². The molecule has 0 N–H and O–H groups in total. The zero-order chi connectivity index (χ0) is 19.7. The molecule has 0 radical (unpaired) electrons. The molecule has 1 nitrogen and oxygen atoms in total. The highest BCUT2D eigenvalue weighted by atomic mass is 19.4. The first-order valence-corrected chi connectivity index (χ1v) is 8.74. The van der Waals surface area contributed by atoms with Gasteiger partial charge in [0.1, 0.15) is 0 Å². The molecule has 0 aliphatic rings. The van der Waals surface area contributed by atoms with E-state index < -0.39 is 11.7 Å². The third kappa shape index (κ3) is 3.29. The van der Waals surface area contributed by atoms with Crippen molar-refractivity contribution in [3.8, 4) is 11.1 Å². The Hall–Kier alpha value is -3.40. The maximum Gasteiger partial charge on any atom is 0.416 e. The molecule has 0 spiro atoms. The quantitative estimate of drug-likeness (QED) is 0.361. The number of hydrogen-bond acceptors (Lipinski definition) is 1. The summed E-state index contributed by atoms with van der Waals surface area (Å²) in [6, 6.07) is 25.2. The number of rotatable bonds is 3. The molecule has 0 atom stereocenters. The maximum atomic E-state index is 13.3. The summed E-state index contributed by atoms with van der Waals surface area (Å²) in [6.45, 7) is 0. The van der Waals surface area contributed by atoms with Crippen LogP contribution in [0.2, 0.25) is 0 Å². The van der Waals surface area contributed by atoms with Crippen molar-refractivity contribution in [2.24, 2.45) is 0 Å². The molecule has 4 rings (SSSR count). The van der Waals surface area contributed by atoms with E-state index in [-0.39, 0.29) is 11.3 Å². The fourth-order valence-electron chi connectivity index (χ4n) is 3.33. The number of fused-ring (bicyclic) bond motifs is 1. The van der Waals surface area contributed by atoms with Crippen molar-refractivity contribution in [1.82, 2.24) is 0 Å². The molecule has 0 bridgehead atoms. The number of benzene rings is 4. The van der Waals surface area contributed by atoms with Crippen LogP contribution in [-0.4, -0.2) is 5.78 Å². The van der Waals surface area contributed by atoms with Crippen molar-refractivity contribution in [3.05, 3.63) is 108 Å². The highest BCUT2D eigenvalue weighted by Gasteiger charge is 2.30. The van der Waals surface area contributed by atoms with E-state index in [1.807, 2.05) is 66.7 Å². The van der Waals surface area contributed by atoms with E-state index in [0.29, 0.717) is 5.56 Å². The summed E-state index contributed by atoms with van der Waals surface area (Å²) < 4.78 is 38.6. The van der Waals surface area contributed by atoms with Crippen molar-refractivity contribution in [2.45, 2.75) is 6.18 Å². The minimum Gasteiger partial charge on any atom is -0.289 e. The van der Waals surface area contributed by atoms with E-state index >= 15 is 0 Å². The Kier molecular flexibility index (Phi) is 4.47. The average Bonchev–Trinajstić information content (AvgIpc) is 2.72. The Morgan fingerprint density at radius 3 is 2.00 bits per heavy atom. The second-order valence-electron chi connectivity index (χ2n) is 6.48. The lowest BCUT2D eigenvalue weighted by Crippen LogP contribution is -2.08. The molecule has 4 aromatic carbocycles. The van der Waals surface area contributed by atoms with Crippen molar-refractivity contribution in [2.75, 3.05) is 0 Å². The monoisotopic (exact) mass is 376 g/mol. The van der Waals surface area contributed by atoms with Crippen LogP contribution in [-0.2, 0) is 6.18 Å². The van der Waals surface area contributed by atoms with Gasteiger partial charge in [-0.2, -0.15) is 13.2 Å². The minimum atomic E-state index is -4.43. The van der Waals surface area contributed by atoms with Gasteiger partial charge in [-0.3, -0.25) is 4.79 Å². The lowest BCUT2D eigenvalue weighted by molar-refractivity contribution is -0.137. The van der Waals surface area contributed by atoms with Gasteiger partial charge in [0.05, 0.1) is 5.56 Å². The van der Waals surface area contributed by atoms with Crippen LogP contribution in [0.3, 0.4) is 0 Å². The summed E-state index contributed by atoms with van der Waals surface area (Å²) in [7, 11) is 0. The third-order valence-electron chi connectivity index (χ3n) is 4.72. The molecule has 0 fully saturated rings. The number of ketones is 1. The van der Waals surface area contributed by atoms with Gasteiger partial charge in [0.2, 0.25) is 0 Å². The van der Waals surface area contributed by atoms with Gasteiger partial charge < -0.3 is 0 Å². The summed E-state index contributed by atoms with van der Waals surface area (Å²) in [5, 5.41) is 1.67. The van der Waals surface area contributed by atoms with Gasteiger partial charge in [-0.1, -0.05) is 78.9 Å². The van der Waals surface area contributed by atoms with Gasteiger partial charge >= 0.3 is 6.18 Å². The highest BCUT2D eigenvalue weighted by molar-refractivity contribution is 6.20. The molecule has 0 aliphatic carbocycles. The van der Waals surface area contributed by atoms with Crippen molar-refractivity contribution in [3.63, 3.8) is 0 Å².